The van der Waals surface area contributed by atoms with Crippen LogP contribution in [0.25, 0.3) is 5.78 Å². The van der Waals surface area contributed by atoms with Crippen molar-refractivity contribution in [1.82, 2.24) is 24.6 Å². The monoisotopic (exact) mass is 320 g/mol. The van der Waals surface area contributed by atoms with Crippen molar-refractivity contribution < 1.29 is 4.79 Å². The number of rotatable bonds is 4. The van der Waals surface area contributed by atoms with Crippen molar-refractivity contribution in [2.45, 2.75) is 19.0 Å². The fourth-order valence-corrected chi connectivity index (χ4v) is 2.94. The molecule has 0 aliphatic rings. The predicted molar refractivity (Wildman–Crippen MR) is 81.7 cm³/mol. The summed E-state index contributed by atoms with van der Waals surface area (Å²) in [4.78, 5) is 24.4. The second-order valence-corrected chi connectivity index (χ2v) is 6.16. The third-order valence-electron chi connectivity index (χ3n) is 2.61. The largest absolute Gasteiger partial charge is 0.301 e. The molecule has 0 unspecified atom stereocenters. The number of thiazole rings is 1. The van der Waals surface area contributed by atoms with Gasteiger partial charge in [-0.05, 0) is 19.9 Å². The summed E-state index contributed by atoms with van der Waals surface area (Å²) < 4.78 is 1.67. The Kier molecular flexibility index (Phi) is 3.84. The van der Waals surface area contributed by atoms with Gasteiger partial charge in [-0.1, -0.05) is 11.8 Å². The second-order valence-electron chi connectivity index (χ2n) is 4.32. The minimum absolute atomic E-state index is 0.130. The summed E-state index contributed by atoms with van der Waals surface area (Å²) in [7, 11) is 0. The molecule has 108 valence electrons. The lowest BCUT2D eigenvalue weighted by molar-refractivity contribution is -0.113. The van der Waals surface area contributed by atoms with Gasteiger partial charge in [0.1, 0.15) is 0 Å². The molecule has 1 N–H and O–H groups in total. The molecule has 0 aliphatic heterocycles. The highest BCUT2D eigenvalue weighted by Crippen LogP contribution is 2.16. The van der Waals surface area contributed by atoms with Gasteiger partial charge in [0.2, 0.25) is 11.1 Å². The van der Waals surface area contributed by atoms with Gasteiger partial charge in [0, 0.05) is 23.0 Å². The zero-order valence-corrected chi connectivity index (χ0v) is 13.0. The zero-order chi connectivity index (χ0) is 14.8. The van der Waals surface area contributed by atoms with E-state index in [-0.39, 0.29) is 11.7 Å². The van der Waals surface area contributed by atoms with E-state index < -0.39 is 0 Å². The highest BCUT2D eigenvalue weighted by molar-refractivity contribution is 7.99. The lowest BCUT2D eigenvalue weighted by Gasteiger charge is -1.98. The summed E-state index contributed by atoms with van der Waals surface area (Å²) in [6, 6.07) is 1.94. The molecule has 0 bridgehead atoms. The van der Waals surface area contributed by atoms with Crippen LogP contribution < -0.4 is 5.32 Å². The first-order chi connectivity index (χ1) is 10.1. The van der Waals surface area contributed by atoms with Crippen LogP contribution in [-0.4, -0.2) is 36.2 Å². The van der Waals surface area contributed by atoms with E-state index in [0.29, 0.717) is 16.1 Å². The number of fused-ring (bicyclic) bond motifs is 1. The van der Waals surface area contributed by atoms with Crippen LogP contribution in [0.3, 0.4) is 0 Å². The number of amides is 1. The molecule has 3 aromatic heterocycles. The van der Waals surface area contributed by atoms with Crippen LogP contribution in [0, 0.1) is 13.8 Å². The van der Waals surface area contributed by atoms with Gasteiger partial charge < -0.3 is 5.32 Å². The molecule has 0 spiro atoms. The Morgan fingerprint density at radius 1 is 1.43 bits per heavy atom. The maximum absolute atomic E-state index is 11.8. The second kappa shape index (κ2) is 5.78. The number of carbonyl (C=O) groups is 1. The van der Waals surface area contributed by atoms with Gasteiger partial charge >= 0.3 is 0 Å². The van der Waals surface area contributed by atoms with Crippen LogP contribution in [-0.2, 0) is 4.79 Å². The molecule has 0 radical (unpaired) electrons. The number of hydrogen-bond acceptors (Lipinski definition) is 7. The lowest BCUT2D eigenvalue weighted by atomic mass is 10.4. The van der Waals surface area contributed by atoms with E-state index in [0.717, 1.165) is 11.4 Å². The third kappa shape index (κ3) is 3.19. The summed E-state index contributed by atoms with van der Waals surface area (Å²) in [5.41, 5.74) is 1.86. The van der Waals surface area contributed by atoms with Gasteiger partial charge in [0.25, 0.3) is 5.78 Å². The molecule has 0 fully saturated rings. The minimum Gasteiger partial charge on any atom is -0.301 e. The first kappa shape index (κ1) is 14.0. The molecule has 0 aromatic carbocycles. The van der Waals surface area contributed by atoms with Gasteiger partial charge in [-0.2, -0.15) is 4.98 Å². The molecule has 9 heteroatoms. The van der Waals surface area contributed by atoms with Crippen molar-refractivity contribution in [3.05, 3.63) is 29.0 Å². The summed E-state index contributed by atoms with van der Waals surface area (Å²) in [6.07, 6.45) is 1.65. The van der Waals surface area contributed by atoms with Crippen molar-refractivity contribution in [2.24, 2.45) is 0 Å². The number of hydrogen-bond donors (Lipinski definition) is 1. The van der Waals surface area contributed by atoms with E-state index in [1.165, 1.54) is 23.1 Å². The molecular weight excluding hydrogens is 308 g/mol. The SMILES string of the molecule is Cc1cc(C)n2nc(SCC(=O)Nc3nccs3)nc2n1. The van der Waals surface area contributed by atoms with Crippen molar-refractivity contribution in [3.8, 4) is 0 Å². The van der Waals surface area contributed by atoms with E-state index in [1.54, 1.807) is 10.7 Å². The molecule has 0 aliphatic carbocycles. The van der Waals surface area contributed by atoms with Crippen molar-refractivity contribution in [3.63, 3.8) is 0 Å². The first-order valence-corrected chi connectivity index (χ1v) is 8.01. The summed E-state index contributed by atoms with van der Waals surface area (Å²) in [5, 5.41) is 9.99. The zero-order valence-electron chi connectivity index (χ0n) is 11.4. The van der Waals surface area contributed by atoms with Crippen LogP contribution in [0.2, 0.25) is 0 Å². The molecule has 0 saturated carbocycles. The predicted octanol–water partition coefficient (Wildman–Crippen LogP) is 1.93. The Morgan fingerprint density at radius 3 is 3.05 bits per heavy atom. The quantitative estimate of drug-likeness (QED) is 0.739. The molecule has 0 atom stereocenters. The molecule has 1 amide bonds. The number of nitrogens with zero attached hydrogens (tertiary/aromatic N) is 5. The third-order valence-corrected chi connectivity index (χ3v) is 4.14. The number of aromatic nitrogens is 5. The van der Waals surface area contributed by atoms with Crippen molar-refractivity contribution in [1.29, 1.82) is 0 Å². The van der Waals surface area contributed by atoms with E-state index in [9.17, 15) is 4.79 Å². The molecular formula is C12H12N6OS2. The Morgan fingerprint density at radius 2 is 2.29 bits per heavy atom. The van der Waals surface area contributed by atoms with E-state index in [4.69, 9.17) is 0 Å². The van der Waals surface area contributed by atoms with Gasteiger partial charge in [0.05, 0.1) is 5.75 Å². The summed E-state index contributed by atoms with van der Waals surface area (Å²) >= 11 is 2.66. The van der Waals surface area contributed by atoms with Crippen LogP contribution in [0.5, 0.6) is 0 Å². The number of carbonyl (C=O) groups excluding carboxylic acids is 1. The van der Waals surface area contributed by atoms with Crippen molar-refractivity contribution in [2.75, 3.05) is 11.1 Å². The lowest BCUT2D eigenvalue weighted by Crippen LogP contribution is -2.13. The first-order valence-electron chi connectivity index (χ1n) is 6.15. The number of aryl methyl sites for hydroxylation is 2. The molecule has 3 aromatic rings. The van der Waals surface area contributed by atoms with E-state index in [2.05, 4.69) is 25.4 Å². The summed E-state index contributed by atoms with van der Waals surface area (Å²) in [6.45, 7) is 3.86. The van der Waals surface area contributed by atoms with Gasteiger partial charge in [0.15, 0.2) is 5.13 Å². The number of anilines is 1. The van der Waals surface area contributed by atoms with Crippen LogP contribution in [0.4, 0.5) is 5.13 Å². The molecule has 3 heterocycles. The van der Waals surface area contributed by atoms with Gasteiger partial charge in [-0.3, -0.25) is 4.79 Å². The maximum atomic E-state index is 11.8. The Balaban J connectivity index is 1.68. The fourth-order valence-electron chi connectivity index (χ4n) is 1.78. The molecule has 21 heavy (non-hydrogen) atoms. The number of thioether (sulfide) groups is 1. The highest BCUT2D eigenvalue weighted by Gasteiger charge is 2.11. The molecule has 7 nitrogen and oxygen atoms in total. The average Bonchev–Trinajstić information content (AvgIpc) is 3.05. The average molecular weight is 320 g/mol. The van der Waals surface area contributed by atoms with Gasteiger partial charge in [-0.25, -0.2) is 14.5 Å². The minimum atomic E-state index is -0.130. The maximum Gasteiger partial charge on any atom is 0.253 e. The topological polar surface area (TPSA) is 85.1 Å². The molecule has 0 saturated heterocycles. The fraction of sp³-hybridized carbons (Fsp3) is 0.250. The smallest absolute Gasteiger partial charge is 0.253 e. The Hall–Kier alpha value is -2.00. The van der Waals surface area contributed by atoms with Crippen LogP contribution >= 0.6 is 23.1 Å². The summed E-state index contributed by atoms with van der Waals surface area (Å²) in [5.74, 6) is 0.652. The number of nitrogens with one attached hydrogen (secondary N) is 1. The van der Waals surface area contributed by atoms with Crippen molar-refractivity contribution >= 4 is 39.9 Å². The Labute approximate surface area is 128 Å². The van der Waals surface area contributed by atoms with Crippen LogP contribution in [0.15, 0.2) is 22.8 Å². The molecule has 3 rings (SSSR count). The van der Waals surface area contributed by atoms with E-state index >= 15 is 0 Å². The Bertz CT molecular complexity index is 783. The van der Waals surface area contributed by atoms with E-state index in [1.807, 2.05) is 25.3 Å². The standard InChI is InChI=1S/C12H12N6OS2/c1-7-5-8(2)18-10(14-7)16-12(17-18)21-6-9(19)15-11-13-3-4-20-11/h3-5H,6H2,1-2H3,(H,13,15,19). The normalized spacial score (nSPS) is 11.0. The highest BCUT2D eigenvalue weighted by atomic mass is 32.2. The van der Waals surface area contributed by atoms with Crippen LogP contribution in [0.1, 0.15) is 11.4 Å². The van der Waals surface area contributed by atoms with Gasteiger partial charge in [-0.15, -0.1) is 16.4 Å².